The molecule has 0 spiro atoms. The van der Waals surface area contributed by atoms with Crippen molar-refractivity contribution in [1.29, 1.82) is 0 Å². The standard InChI is InChI=1S/C22H26N6O/c1-26-14-18-12-17(2-3-20(18)25-26)19-6-9-28-15-21(23-13-22(28)24-19)16-4-7-27(8-5-16)10-11-29/h2-3,6,12-16,29H,4-5,7-11H2,1H3. The average molecular weight is 390 g/mol. The van der Waals surface area contributed by atoms with Gasteiger partial charge in [-0.05, 0) is 44.1 Å². The number of aryl methyl sites for hydroxylation is 1. The van der Waals surface area contributed by atoms with Gasteiger partial charge in [0.1, 0.15) is 0 Å². The van der Waals surface area contributed by atoms with Gasteiger partial charge in [-0.2, -0.15) is 5.10 Å². The number of hydrogen-bond donors (Lipinski definition) is 1. The van der Waals surface area contributed by atoms with Gasteiger partial charge >= 0.3 is 0 Å². The van der Waals surface area contributed by atoms with Crippen LogP contribution in [0.25, 0.3) is 16.6 Å². The van der Waals surface area contributed by atoms with Gasteiger partial charge in [0.05, 0.1) is 29.7 Å². The molecule has 1 N–H and O–H groups in total. The molecular formula is C22H26N6O. The van der Waals surface area contributed by atoms with E-state index in [4.69, 9.17) is 15.1 Å². The number of benzene rings is 1. The molecule has 4 heterocycles. The first kappa shape index (κ1) is 18.3. The van der Waals surface area contributed by atoms with E-state index in [1.807, 2.05) is 30.2 Å². The number of amidine groups is 1. The number of aliphatic hydroxyl groups is 1. The summed E-state index contributed by atoms with van der Waals surface area (Å²) in [7, 11) is 1.94. The first-order valence-electron chi connectivity index (χ1n) is 10.3. The number of rotatable bonds is 4. The second-order valence-corrected chi connectivity index (χ2v) is 7.94. The van der Waals surface area contributed by atoms with Crippen molar-refractivity contribution >= 4 is 28.7 Å². The van der Waals surface area contributed by atoms with Crippen LogP contribution < -0.4 is 0 Å². The van der Waals surface area contributed by atoms with Crippen LogP contribution in [-0.4, -0.2) is 69.5 Å². The Kier molecular flexibility index (Phi) is 4.77. The lowest BCUT2D eigenvalue weighted by Crippen LogP contribution is -2.38. The lowest BCUT2D eigenvalue weighted by Gasteiger charge is -2.34. The largest absolute Gasteiger partial charge is 0.395 e. The monoisotopic (exact) mass is 390 g/mol. The van der Waals surface area contributed by atoms with Crippen LogP contribution >= 0.6 is 0 Å². The number of aliphatic hydroxyl groups excluding tert-OH is 1. The number of nitrogens with zero attached hydrogens (tertiary/aromatic N) is 6. The lowest BCUT2D eigenvalue weighted by atomic mass is 9.93. The smallest absolute Gasteiger partial charge is 0.152 e. The van der Waals surface area contributed by atoms with Crippen LogP contribution in [0.3, 0.4) is 0 Å². The third-order valence-corrected chi connectivity index (χ3v) is 5.96. The van der Waals surface area contributed by atoms with Crippen molar-refractivity contribution in [2.75, 3.05) is 32.8 Å². The fraction of sp³-hybridized carbons (Fsp3) is 0.409. The van der Waals surface area contributed by atoms with Crippen LogP contribution in [0.5, 0.6) is 0 Å². The highest BCUT2D eigenvalue weighted by Crippen LogP contribution is 2.29. The lowest BCUT2D eigenvalue weighted by molar-refractivity contribution is 0.156. The molecule has 7 nitrogen and oxygen atoms in total. The first-order valence-corrected chi connectivity index (χ1v) is 10.3. The zero-order chi connectivity index (χ0) is 19.8. The number of aromatic nitrogens is 2. The average Bonchev–Trinajstić information content (AvgIpc) is 3.13. The minimum absolute atomic E-state index is 0.238. The van der Waals surface area contributed by atoms with E-state index in [0.29, 0.717) is 5.92 Å². The van der Waals surface area contributed by atoms with E-state index in [1.165, 1.54) is 0 Å². The minimum atomic E-state index is 0.238. The van der Waals surface area contributed by atoms with Crippen molar-refractivity contribution in [3.8, 4) is 0 Å². The SMILES string of the molecule is Cn1cc2cc(C3=CCN4C=C(C5CCN(CCO)CC5)N=CC4=N3)ccc2n1. The summed E-state index contributed by atoms with van der Waals surface area (Å²) < 4.78 is 1.84. The molecule has 7 heteroatoms. The number of piperidine rings is 1. The van der Waals surface area contributed by atoms with Gasteiger partial charge in [0.2, 0.25) is 0 Å². The summed E-state index contributed by atoms with van der Waals surface area (Å²) in [6, 6.07) is 6.28. The molecule has 0 aliphatic carbocycles. The topological polar surface area (TPSA) is 69.2 Å². The summed E-state index contributed by atoms with van der Waals surface area (Å²) in [4.78, 5) is 14.1. The highest BCUT2D eigenvalue weighted by molar-refractivity contribution is 6.31. The highest BCUT2D eigenvalue weighted by Gasteiger charge is 2.25. The molecule has 0 amide bonds. The van der Waals surface area contributed by atoms with E-state index < -0.39 is 0 Å². The number of aliphatic imine (C=N–C) groups is 2. The van der Waals surface area contributed by atoms with Crippen LogP contribution in [0.15, 0.2) is 52.4 Å². The molecule has 0 atom stereocenters. The predicted molar refractivity (Wildman–Crippen MR) is 116 cm³/mol. The Labute approximate surface area is 170 Å². The molecule has 150 valence electrons. The van der Waals surface area contributed by atoms with Gasteiger partial charge in [-0.3, -0.25) is 9.67 Å². The van der Waals surface area contributed by atoms with E-state index in [2.05, 4.69) is 39.3 Å². The van der Waals surface area contributed by atoms with Crippen LogP contribution in [0.1, 0.15) is 18.4 Å². The molecule has 29 heavy (non-hydrogen) atoms. The Morgan fingerprint density at radius 2 is 2.07 bits per heavy atom. The molecule has 5 rings (SSSR count). The first-order chi connectivity index (χ1) is 14.2. The van der Waals surface area contributed by atoms with Crippen molar-refractivity contribution in [1.82, 2.24) is 19.6 Å². The minimum Gasteiger partial charge on any atom is -0.395 e. The molecule has 1 aromatic heterocycles. The molecule has 3 aliphatic rings. The zero-order valence-electron chi connectivity index (χ0n) is 16.7. The van der Waals surface area contributed by atoms with E-state index in [9.17, 15) is 0 Å². The van der Waals surface area contributed by atoms with Crippen LogP contribution in [0.4, 0.5) is 0 Å². The molecular weight excluding hydrogens is 364 g/mol. The van der Waals surface area contributed by atoms with Crippen molar-refractivity contribution in [2.45, 2.75) is 12.8 Å². The molecule has 3 aliphatic heterocycles. The zero-order valence-corrected chi connectivity index (χ0v) is 16.7. The predicted octanol–water partition coefficient (Wildman–Crippen LogP) is 2.26. The Morgan fingerprint density at radius 1 is 1.21 bits per heavy atom. The highest BCUT2D eigenvalue weighted by atomic mass is 16.3. The van der Waals surface area contributed by atoms with Gasteiger partial charge < -0.3 is 14.9 Å². The third kappa shape index (κ3) is 3.63. The van der Waals surface area contributed by atoms with Gasteiger partial charge in [-0.1, -0.05) is 6.07 Å². The summed E-state index contributed by atoms with van der Waals surface area (Å²) in [5.74, 6) is 1.39. The molecule has 0 saturated carbocycles. The summed E-state index contributed by atoms with van der Waals surface area (Å²) in [6.07, 6.45) is 10.5. The Hall–Kier alpha value is -2.77. The normalized spacial score (nSPS) is 20.5. The van der Waals surface area contributed by atoms with Gasteiger partial charge in [-0.25, -0.2) is 4.99 Å². The van der Waals surface area contributed by atoms with E-state index in [-0.39, 0.29) is 6.61 Å². The summed E-state index contributed by atoms with van der Waals surface area (Å²) in [5.41, 5.74) is 4.25. The number of likely N-dealkylation sites (tertiary alicyclic amines) is 1. The summed E-state index contributed by atoms with van der Waals surface area (Å²) in [5, 5.41) is 14.7. The summed E-state index contributed by atoms with van der Waals surface area (Å²) >= 11 is 0. The fourth-order valence-corrected chi connectivity index (χ4v) is 4.35. The Bertz CT molecular complexity index is 1040. The quantitative estimate of drug-likeness (QED) is 0.870. The fourth-order valence-electron chi connectivity index (χ4n) is 4.35. The van der Waals surface area contributed by atoms with Crippen molar-refractivity contribution < 1.29 is 5.11 Å². The molecule has 0 radical (unpaired) electrons. The van der Waals surface area contributed by atoms with Gasteiger partial charge in [-0.15, -0.1) is 0 Å². The van der Waals surface area contributed by atoms with Gasteiger partial charge in [0.25, 0.3) is 0 Å². The maximum Gasteiger partial charge on any atom is 0.152 e. The van der Waals surface area contributed by atoms with E-state index in [0.717, 1.165) is 72.7 Å². The Morgan fingerprint density at radius 3 is 2.90 bits per heavy atom. The molecule has 1 fully saturated rings. The maximum atomic E-state index is 9.11. The second kappa shape index (κ2) is 7.57. The van der Waals surface area contributed by atoms with Crippen LogP contribution in [0, 0.1) is 5.92 Å². The number of allylic oxidation sites excluding steroid dienone is 1. The van der Waals surface area contributed by atoms with Crippen molar-refractivity contribution in [2.24, 2.45) is 23.0 Å². The van der Waals surface area contributed by atoms with Crippen LogP contribution in [0.2, 0.25) is 0 Å². The van der Waals surface area contributed by atoms with E-state index in [1.54, 1.807) is 0 Å². The molecule has 1 saturated heterocycles. The molecule has 0 unspecified atom stereocenters. The third-order valence-electron chi connectivity index (χ3n) is 5.96. The summed E-state index contributed by atoms with van der Waals surface area (Å²) in [6.45, 7) is 3.87. The number of hydrogen-bond acceptors (Lipinski definition) is 6. The van der Waals surface area contributed by atoms with Crippen molar-refractivity contribution in [3.05, 3.63) is 47.9 Å². The Balaban J connectivity index is 1.30. The van der Waals surface area contributed by atoms with Crippen molar-refractivity contribution in [3.63, 3.8) is 0 Å². The molecule has 0 bridgehead atoms. The number of β-amino-alcohol motifs (C(OH)–C–C–N with tert-alkyl or cyclic N) is 1. The van der Waals surface area contributed by atoms with Crippen LogP contribution in [-0.2, 0) is 7.05 Å². The van der Waals surface area contributed by atoms with Gasteiger partial charge in [0, 0.05) is 49.4 Å². The second-order valence-electron chi connectivity index (χ2n) is 7.94. The maximum absolute atomic E-state index is 9.11. The molecule has 1 aromatic carbocycles. The van der Waals surface area contributed by atoms with E-state index >= 15 is 0 Å². The number of fused-ring (bicyclic) bond motifs is 2. The van der Waals surface area contributed by atoms with Gasteiger partial charge in [0.15, 0.2) is 5.84 Å². The molecule has 2 aromatic rings.